The van der Waals surface area contributed by atoms with Crippen molar-refractivity contribution in [3.63, 3.8) is 0 Å². The maximum atomic E-state index is 7.29. The van der Waals surface area contributed by atoms with Gasteiger partial charge in [-0.3, -0.25) is 0 Å². The molecule has 0 unspecified atom stereocenters. The van der Waals surface area contributed by atoms with Gasteiger partial charge in [0.15, 0.2) is 0 Å². The maximum absolute atomic E-state index is 7.29. The van der Waals surface area contributed by atoms with Crippen LogP contribution in [0, 0.1) is 0 Å². The first kappa shape index (κ1) is 33.4. The Labute approximate surface area is 360 Å². The Hall–Kier alpha value is -8.34. The molecule has 0 fully saturated rings. The number of nitrogens with zero attached hydrogens (tertiary/aromatic N) is 1. The number of hydrogen-bond donors (Lipinski definition) is 0. The van der Waals surface area contributed by atoms with Crippen LogP contribution < -0.4 is 4.90 Å². The Balaban J connectivity index is 1.06. The largest absolute Gasteiger partial charge is 0.456 e. The molecule has 4 nitrogen and oxygen atoms in total. The van der Waals surface area contributed by atoms with Crippen molar-refractivity contribution in [3.8, 4) is 22.3 Å². The van der Waals surface area contributed by atoms with Crippen LogP contribution in [0.3, 0.4) is 0 Å². The minimum absolute atomic E-state index is 0.510. The smallest absolute Gasteiger partial charge is 0.143 e. The van der Waals surface area contributed by atoms with Crippen molar-refractivity contribution in [2.45, 2.75) is 5.41 Å². The number of rotatable bonds is 3. The first-order valence-electron chi connectivity index (χ1n) is 21.6. The average molecular weight is 804 g/mol. The number of benzene rings is 10. The van der Waals surface area contributed by atoms with E-state index in [0.29, 0.717) is 0 Å². The fourth-order valence-corrected chi connectivity index (χ4v) is 11.6. The first-order valence-corrected chi connectivity index (χ1v) is 21.6. The molecule has 0 aliphatic heterocycles. The molecule has 3 aromatic heterocycles. The van der Waals surface area contributed by atoms with Gasteiger partial charge in [-0.1, -0.05) is 133 Å². The van der Waals surface area contributed by atoms with E-state index in [-0.39, 0.29) is 0 Å². The van der Waals surface area contributed by atoms with Crippen LogP contribution in [0.15, 0.2) is 213 Å². The number of anilines is 3. The van der Waals surface area contributed by atoms with Crippen LogP contribution in [-0.2, 0) is 5.41 Å². The molecule has 10 aromatic carbocycles. The Morgan fingerprint density at radius 3 is 1.65 bits per heavy atom. The second-order valence-corrected chi connectivity index (χ2v) is 17.1. The fourth-order valence-electron chi connectivity index (χ4n) is 11.6. The van der Waals surface area contributed by atoms with Gasteiger partial charge in [0.05, 0.1) is 27.6 Å². The van der Waals surface area contributed by atoms with Gasteiger partial charge in [0.2, 0.25) is 0 Å². The predicted octanol–water partition coefficient (Wildman–Crippen LogP) is 16.4. The first-order chi connectivity index (χ1) is 31.2. The Morgan fingerprint density at radius 1 is 0.333 bits per heavy atom. The maximum Gasteiger partial charge on any atom is 0.143 e. The van der Waals surface area contributed by atoms with Gasteiger partial charge in [0, 0.05) is 38.9 Å². The lowest BCUT2D eigenvalue weighted by molar-refractivity contribution is 0.669. The third-order valence-electron chi connectivity index (χ3n) is 14.0. The molecule has 1 spiro atoms. The summed E-state index contributed by atoms with van der Waals surface area (Å²) in [4.78, 5) is 2.37. The van der Waals surface area contributed by atoms with Crippen LogP contribution in [0.4, 0.5) is 17.1 Å². The molecule has 292 valence electrons. The van der Waals surface area contributed by atoms with E-state index in [4.69, 9.17) is 13.3 Å². The third-order valence-corrected chi connectivity index (χ3v) is 14.0. The van der Waals surface area contributed by atoms with Crippen LogP contribution in [0.2, 0.25) is 0 Å². The third kappa shape index (κ3) is 4.20. The standard InChI is InChI=1S/C59H33NO3/c1-2-14-35-32-47-43(31-34(35)13-1)55-46(59(47)44-19-7-3-15-37(44)38-16-4-8-20-45(38)59)30-29-42-57-49(22-12-26-53(57)63-58(42)55)60(36-27-28-40-39-17-5-9-23-50(39)62-54(40)33-36)48-21-11-25-52-56(48)41-18-6-10-24-51(41)61-52/h1-33H. The van der Waals surface area contributed by atoms with Crippen LogP contribution in [-0.4, -0.2) is 0 Å². The molecule has 0 N–H and O–H groups in total. The molecule has 0 amide bonds. The highest BCUT2D eigenvalue weighted by atomic mass is 16.3. The molecule has 2 aliphatic rings. The summed E-state index contributed by atoms with van der Waals surface area (Å²) in [6.07, 6.45) is 0. The van der Waals surface area contributed by atoms with E-state index in [1.54, 1.807) is 0 Å². The van der Waals surface area contributed by atoms with Crippen molar-refractivity contribution in [1.29, 1.82) is 0 Å². The average Bonchev–Trinajstić information content (AvgIpc) is 4.14. The Kier molecular flexibility index (Phi) is 6.32. The lowest BCUT2D eigenvalue weighted by atomic mass is 9.70. The summed E-state index contributed by atoms with van der Waals surface area (Å²) in [5.74, 6) is 0. The summed E-state index contributed by atoms with van der Waals surface area (Å²) in [5, 5.41) is 8.83. The lowest BCUT2D eigenvalue weighted by Crippen LogP contribution is -2.25. The predicted molar refractivity (Wildman–Crippen MR) is 257 cm³/mol. The van der Waals surface area contributed by atoms with Crippen molar-refractivity contribution in [3.05, 3.63) is 222 Å². The molecule has 3 heterocycles. The van der Waals surface area contributed by atoms with Crippen LogP contribution in [0.5, 0.6) is 0 Å². The molecule has 0 saturated heterocycles. The van der Waals surface area contributed by atoms with Gasteiger partial charge in [0.1, 0.15) is 33.5 Å². The van der Waals surface area contributed by atoms with Gasteiger partial charge in [-0.2, -0.15) is 0 Å². The normalized spacial score (nSPS) is 13.5. The Bertz CT molecular complexity index is 4080. The van der Waals surface area contributed by atoms with Crippen LogP contribution in [0.1, 0.15) is 22.3 Å². The number of para-hydroxylation sites is 2. The van der Waals surface area contributed by atoms with Gasteiger partial charge < -0.3 is 18.2 Å². The van der Waals surface area contributed by atoms with Gasteiger partial charge in [-0.25, -0.2) is 0 Å². The molecule has 0 bridgehead atoms. The minimum atomic E-state index is -0.510. The van der Waals surface area contributed by atoms with Crippen LogP contribution in [0.25, 0.3) is 98.8 Å². The quantitative estimate of drug-likeness (QED) is 0.178. The monoisotopic (exact) mass is 803 g/mol. The summed E-state index contributed by atoms with van der Waals surface area (Å²) in [6, 6.07) is 72.2. The van der Waals surface area contributed by atoms with E-state index in [0.717, 1.165) is 88.4 Å². The Morgan fingerprint density at radius 2 is 0.889 bits per heavy atom. The van der Waals surface area contributed by atoms with E-state index in [2.05, 4.69) is 181 Å². The summed E-state index contributed by atoms with van der Waals surface area (Å²) in [7, 11) is 0. The molecule has 0 atom stereocenters. The fraction of sp³-hybridized carbons (Fsp3) is 0.0169. The van der Waals surface area contributed by atoms with E-state index in [9.17, 15) is 0 Å². The number of fused-ring (bicyclic) bond motifs is 21. The number of hydrogen-bond acceptors (Lipinski definition) is 4. The van der Waals surface area contributed by atoms with E-state index in [1.165, 1.54) is 49.7 Å². The molecule has 0 radical (unpaired) electrons. The molecule has 2 aliphatic carbocycles. The molecule has 0 saturated carbocycles. The lowest BCUT2D eigenvalue weighted by Gasteiger charge is -2.30. The molecule has 63 heavy (non-hydrogen) atoms. The second-order valence-electron chi connectivity index (χ2n) is 17.1. The molecule has 15 rings (SSSR count). The van der Waals surface area contributed by atoms with Gasteiger partial charge in [-0.15, -0.1) is 0 Å². The molecule has 13 aromatic rings. The highest BCUT2D eigenvalue weighted by molar-refractivity contribution is 6.21. The molecular weight excluding hydrogens is 771 g/mol. The summed E-state index contributed by atoms with van der Waals surface area (Å²) < 4.78 is 20.4. The minimum Gasteiger partial charge on any atom is -0.456 e. The van der Waals surface area contributed by atoms with Gasteiger partial charge in [0.25, 0.3) is 0 Å². The molecule has 4 heteroatoms. The van der Waals surface area contributed by atoms with Crippen molar-refractivity contribution < 1.29 is 13.3 Å². The van der Waals surface area contributed by atoms with E-state index < -0.39 is 5.41 Å². The van der Waals surface area contributed by atoms with Crippen molar-refractivity contribution in [2.24, 2.45) is 0 Å². The van der Waals surface area contributed by atoms with Crippen molar-refractivity contribution in [2.75, 3.05) is 4.90 Å². The van der Waals surface area contributed by atoms with E-state index in [1.807, 2.05) is 24.3 Å². The molecular formula is C59H33NO3. The van der Waals surface area contributed by atoms with Gasteiger partial charge >= 0.3 is 0 Å². The highest BCUT2D eigenvalue weighted by Gasteiger charge is 2.52. The number of furan rings is 3. The van der Waals surface area contributed by atoms with Crippen molar-refractivity contribution in [1.82, 2.24) is 0 Å². The van der Waals surface area contributed by atoms with E-state index >= 15 is 0 Å². The summed E-state index contributed by atoms with van der Waals surface area (Å²) in [6.45, 7) is 0. The van der Waals surface area contributed by atoms with Crippen molar-refractivity contribution >= 4 is 93.7 Å². The van der Waals surface area contributed by atoms with Gasteiger partial charge in [-0.05, 0) is 110 Å². The zero-order valence-electron chi connectivity index (χ0n) is 33.7. The highest BCUT2D eigenvalue weighted by Crippen LogP contribution is 2.65. The zero-order chi connectivity index (χ0) is 41.0. The summed E-state index contributed by atoms with van der Waals surface area (Å²) >= 11 is 0. The zero-order valence-corrected chi connectivity index (χ0v) is 33.7. The second kappa shape index (κ2) is 11.9. The topological polar surface area (TPSA) is 42.7 Å². The SMILES string of the molecule is c1ccc2c(c1)-c1ccccc1C21c2cc3ccccc3cc2-c2c1ccc1c2oc2cccc(N(c3ccc4c(c3)oc3ccccc34)c3cccc4oc5ccccc5c34)c21. The summed E-state index contributed by atoms with van der Waals surface area (Å²) in [5.41, 5.74) is 17.7. The van der Waals surface area contributed by atoms with Crippen LogP contribution >= 0.6 is 0 Å².